The van der Waals surface area contributed by atoms with E-state index in [1.165, 1.54) is 10.9 Å². The smallest absolute Gasteiger partial charge is 0.275 e. The molecule has 4 N–H and O–H groups in total. The predicted octanol–water partition coefficient (Wildman–Crippen LogP) is 4.28. The Hall–Kier alpha value is -3.73. The van der Waals surface area contributed by atoms with Crippen molar-refractivity contribution in [1.82, 2.24) is 20.6 Å². The van der Waals surface area contributed by atoms with Crippen molar-refractivity contribution in [1.29, 1.82) is 0 Å². The van der Waals surface area contributed by atoms with E-state index in [4.69, 9.17) is 17.0 Å². The van der Waals surface area contributed by atoms with Crippen molar-refractivity contribution in [2.45, 2.75) is 31.9 Å². The van der Waals surface area contributed by atoms with Crippen LogP contribution in [-0.4, -0.2) is 33.8 Å². The van der Waals surface area contributed by atoms with Gasteiger partial charge in [0.25, 0.3) is 12.3 Å². The molecule has 34 heavy (non-hydrogen) atoms. The van der Waals surface area contributed by atoms with E-state index in [1.807, 2.05) is 49.4 Å². The number of nitrogens with zero attached hydrogens (tertiary/aromatic N) is 2. The number of rotatable bonds is 6. The number of fused-ring (bicyclic) bond motifs is 1. The maximum atomic E-state index is 13.8. The number of anilines is 2. The third-order valence-corrected chi connectivity index (χ3v) is 5.56. The van der Waals surface area contributed by atoms with Crippen molar-refractivity contribution in [3.8, 4) is 5.75 Å². The lowest BCUT2D eigenvalue weighted by atomic mass is 9.97. The van der Waals surface area contributed by atoms with Crippen molar-refractivity contribution < 1.29 is 18.3 Å². The number of hydrazine groups is 1. The molecule has 8 nitrogen and oxygen atoms in total. The molecule has 0 unspecified atom stereocenters. The third kappa shape index (κ3) is 5.09. The van der Waals surface area contributed by atoms with Crippen molar-refractivity contribution in [3.63, 3.8) is 0 Å². The summed E-state index contributed by atoms with van der Waals surface area (Å²) < 4.78 is 34.3. The van der Waals surface area contributed by atoms with E-state index in [-0.39, 0.29) is 29.0 Å². The first-order valence-electron chi connectivity index (χ1n) is 10.7. The number of carbonyl (C=O) groups is 1. The molecule has 0 saturated heterocycles. The van der Waals surface area contributed by atoms with E-state index in [0.29, 0.717) is 18.0 Å². The topological polar surface area (TPSA) is 92.2 Å². The Balaban J connectivity index is 1.46. The molecule has 4 rings (SSSR count). The SMILES string of the molecule is CCOc1ccccc1NC(=S)NNC(=O)c1cnn2c1N[C@H](c1ccccc1)C[C@H]2C(F)F. The highest BCUT2D eigenvalue weighted by Gasteiger charge is 2.36. The Bertz CT molecular complexity index is 1160. The van der Waals surface area contributed by atoms with Crippen LogP contribution in [0.5, 0.6) is 5.75 Å². The van der Waals surface area contributed by atoms with Gasteiger partial charge < -0.3 is 15.4 Å². The Morgan fingerprint density at radius 2 is 1.94 bits per heavy atom. The van der Waals surface area contributed by atoms with Crippen LogP contribution in [-0.2, 0) is 0 Å². The van der Waals surface area contributed by atoms with Crippen molar-refractivity contribution in [3.05, 3.63) is 71.9 Å². The van der Waals surface area contributed by atoms with Gasteiger partial charge in [0.05, 0.1) is 24.5 Å². The number of hydrogen-bond acceptors (Lipinski definition) is 5. The molecule has 0 aliphatic carbocycles. The monoisotopic (exact) mass is 486 g/mol. The van der Waals surface area contributed by atoms with Crippen molar-refractivity contribution >= 4 is 34.7 Å². The summed E-state index contributed by atoms with van der Waals surface area (Å²) in [5.41, 5.74) is 6.72. The number of halogens is 2. The molecule has 0 saturated carbocycles. The molecule has 2 heterocycles. The standard InChI is InChI=1S/C23H24F2N6O2S/c1-2-33-19-11-7-6-10-16(19)28-23(34)30-29-22(32)15-13-26-31-18(20(24)25)12-17(27-21(15)31)14-8-4-3-5-9-14/h3-11,13,17-18,20,27H,2,12H2,1H3,(H,29,32)(H2,28,30,34)/t17-,18-/m0/s1. The van der Waals surface area contributed by atoms with Crippen LogP contribution < -0.4 is 26.2 Å². The second kappa shape index (κ2) is 10.5. The molecule has 11 heteroatoms. The van der Waals surface area contributed by atoms with Gasteiger partial charge in [0, 0.05) is 0 Å². The van der Waals surface area contributed by atoms with Gasteiger partial charge in [-0.3, -0.25) is 15.6 Å². The van der Waals surface area contributed by atoms with Gasteiger partial charge in [-0.25, -0.2) is 13.5 Å². The van der Waals surface area contributed by atoms with Crippen LogP contribution in [0.25, 0.3) is 0 Å². The summed E-state index contributed by atoms with van der Waals surface area (Å²) in [4.78, 5) is 12.9. The number of hydrogen-bond donors (Lipinski definition) is 4. The zero-order valence-electron chi connectivity index (χ0n) is 18.3. The summed E-state index contributed by atoms with van der Waals surface area (Å²) in [6.07, 6.45) is -1.23. The Kier molecular flexibility index (Phi) is 7.21. The largest absolute Gasteiger partial charge is 0.492 e. The normalized spacial score (nSPS) is 16.8. The van der Waals surface area contributed by atoms with Gasteiger partial charge >= 0.3 is 0 Å². The number of benzene rings is 2. The van der Waals surface area contributed by atoms with Crippen molar-refractivity contribution in [2.24, 2.45) is 0 Å². The van der Waals surface area contributed by atoms with Crippen molar-refractivity contribution in [2.75, 3.05) is 17.2 Å². The second-order valence-corrected chi connectivity index (χ2v) is 7.97. The summed E-state index contributed by atoms with van der Waals surface area (Å²) >= 11 is 5.26. The molecular formula is C23H24F2N6O2S. The fourth-order valence-corrected chi connectivity index (χ4v) is 3.95. The van der Waals surface area contributed by atoms with Crippen LogP contribution in [0, 0.1) is 0 Å². The number of ether oxygens (including phenoxy) is 1. The summed E-state index contributed by atoms with van der Waals surface area (Å²) in [7, 11) is 0. The Labute approximate surface area is 200 Å². The average Bonchev–Trinajstić information content (AvgIpc) is 3.28. The van der Waals surface area contributed by atoms with E-state index in [0.717, 1.165) is 5.56 Å². The number of para-hydroxylation sites is 2. The fraction of sp³-hybridized carbons (Fsp3) is 0.261. The molecule has 1 aliphatic heterocycles. The lowest BCUT2D eigenvalue weighted by Crippen LogP contribution is -2.44. The number of nitrogens with one attached hydrogen (secondary N) is 4. The minimum atomic E-state index is -2.64. The highest BCUT2D eigenvalue weighted by Crippen LogP contribution is 2.39. The first kappa shape index (κ1) is 23.4. The molecule has 3 aromatic rings. The number of alkyl halides is 2. The van der Waals surface area contributed by atoms with E-state index in [1.54, 1.807) is 12.1 Å². The number of carbonyl (C=O) groups excluding carboxylic acids is 1. The van der Waals surface area contributed by atoms with Gasteiger partial charge in [-0.2, -0.15) is 5.10 Å². The van der Waals surface area contributed by atoms with Crippen LogP contribution in [0.15, 0.2) is 60.8 Å². The fourth-order valence-electron chi connectivity index (χ4n) is 3.79. The first-order chi connectivity index (χ1) is 16.5. The minimum Gasteiger partial charge on any atom is -0.492 e. The van der Waals surface area contributed by atoms with Gasteiger partial charge in [-0.1, -0.05) is 42.5 Å². The lowest BCUT2D eigenvalue weighted by Gasteiger charge is -2.32. The van der Waals surface area contributed by atoms with E-state index in [9.17, 15) is 13.6 Å². The van der Waals surface area contributed by atoms with Gasteiger partial charge in [0.15, 0.2) is 5.11 Å². The van der Waals surface area contributed by atoms with Gasteiger partial charge in [0.2, 0.25) is 0 Å². The molecule has 0 bridgehead atoms. The molecule has 0 fully saturated rings. The molecule has 1 amide bonds. The summed E-state index contributed by atoms with van der Waals surface area (Å²) in [6, 6.07) is 14.9. The molecule has 178 valence electrons. The molecule has 0 radical (unpaired) electrons. The zero-order valence-corrected chi connectivity index (χ0v) is 19.1. The third-order valence-electron chi connectivity index (χ3n) is 5.36. The maximum absolute atomic E-state index is 13.8. The van der Waals surface area contributed by atoms with Gasteiger partial charge in [-0.15, -0.1) is 0 Å². The van der Waals surface area contributed by atoms with Crippen LogP contribution in [0.1, 0.15) is 41.3 Å². The highest BCUT2D eigenvalue weighted by molar-refractivity contribution is 7.80. The van der Waals surface area contributed by atoms with Crippen LogP contribution >= 0.6 is 12.2 Å². The summed E-state index contributed by atoms with van der Waals surface area (Å²) in [5, 5.41) is 10.3. The highest BCUT2D eigenvalue weighted by atomic mass is 32.1. The predicted molar refractivity (Wildman–Crippen MR) is 129 cm³/mol. The van der Waals surface area contributed by atoms with Crippen LogP contribution in [0.3, 0.4) is 0 Å². The molecule has 1 aromatic heterocycles. The zero-order chi connectivity index (χ0) is 24.1. The summed E-state index contributed by atoms with van der Waals surface area (Å²) in [6.45, 7) is 2.36. The van der Waals surface area contributed by atoms with Gasteiger partial charge in [0.1, 0.15) is 23.2 Å². The minimum absolute atomic E-state index is 0.122. The first-order valence-corrected chi connectivity index (χ1v) is 11.1. The van der Waals surface area contributed by atoms with E-state index in [2.05, 4.69) is 26.6 Å². The summed E-state index contributed by atoms with van der Waals surface area (Å²) in [5.74, 6) is 0.267. The average molecular weight is 487 g/mol. The Morgan fingerprint density at radius 3 is 2.68 bits per heavy atom. The molecule has 2 aromatic carbocycles. The molecule has 2 atom stereocenters. The molecular weight excluding hydrogens is 462 g/mol. The number of amides is 1. The van der Waals surface area contributed by atoms with Gasteiger partial charge in [-0.05, 0) is 43.3 Å². The lowest BCUT2D eigenvalue weighted by molar-refractivity contribution is 0.0656. The van der Waals surface area contributed by atoms with E-state index >= 15 is 0 Å². The molecule has 0 spiro atoms. The van der Waals surface area contributed by atoms with Crippen LogP contribution in [0.4, 0.5) is 20.3 Å². The molecule has 1 aliphatic rings. The maximum Gasteiger partial charge on any atom is 0.275 e. The number of aromatic nitrogens is 2. The van der Waals surface area contributed by atoms with E-state index < -0.39 is 18.4 Å². The number of thiocarbonyl (C=S) groups is 1. The Morgan fingerprint density at radius 1 is 1.21 bits per heavy atom. The second-order valence-electron chi connectivity index (χ2n) is 7.56. The van der Waals surface area contributed by atoms with Crippen LogP contribution in [0.2, 0.25) is 0 Å². The quantitative estimate of drug-likeness (QED) is 0.305.